The van der Waals surface area contributed by atoms with Gasteiger partial charge >= 0.3 is 0 Å². The monoisotopic (exact) mass is 388 g/mol. The molecule has 11 heteroatoms. The average Bonchev–Trinajstić information content (AvgIpc) is 3.06. The maximum Gasteiger partial charge on any atom is 0.296 e. The van der Waals surface area contributed by atoms with E-state index in [9.17, 15) is 14.9 Å². The lowest BCUT2D eigenvalue weighted by molar-refractivity contribution is -0.385. The first-order chi connectivity index (χ1) is 12.9. The lowest BCUT2D eigenvalue weighted by atomic mass is 10.2. The number of aromatic amines is 1. The molecule has 0 atom stereocenters. The average molecular weight is 389 g/mol. The highest BCUT2D eigenvalue weighted by Crippen LogP contribution is 2.32. The number of H-pyrrole nitrogens is 1. The Hall–Kier alpha value is -3.66. The van der Waals surface area contributed by atoms with Gasteiger partial charge in [-0.1, -0.05) is 11.6 Å². The van der Waals surface area contributed by atoms with Gasteiger partial charge in [0.15, 0.2) is 5.96 Å². The Morgan fingerprint density at radius 1 is 1.41 bits per heavy atom. The summed E-state index contributed by atoms with van der Waals surface area (Å²) in [4.78, 5) is 32.9. The van der Waals surface area contributed by atoms with Crippen molar-refractivity contribution in [2.24, 2.45) is 10.7 Å². The predicted molar refractivity (Wildman–Crippen MR) is 99.3 cm³/mol. The molecular weight excluding hydrogens is 376 g/mol. The number of carbonyl (C=O) groups is 1. The molecule has 0 radical (unpaired) electrons. The fraction of sp³-hybridized carbons (Fsp3) is 0.0625. The van der Waals surface area contributed by atoms with Crippen molar-refractivity contribution in [2.75, 3.05) is 7.05 Å². The predicted octanol–water partition coefficient (Wildman–Crippen LogP) is 2.59. The number of fused-ring (bicyclic) bond motifs is 1. The van der Waals surface area contributed by atoms with Crippen molar-refractivity contribution in [1.82, 2.24) is 15.3 Å². The second-order valence-corrected chi connectivity index (χ2v) is 5.72. The van der Waals surface area contributed by atoms with E-state index in [1.54, 1.807) is 19.2 Å². The van der Waals surface area contributed by atoms with E-state index < -0.39 is 10.8 Å². The van der Waals surface area contributed by atoms with Crippen LogP contribution in [0.4, 0.5) is 5.69 Å². The molecule has 0 fully saturated rings. The highest BCUT2D eigenvalue weighted by atomic mass is 35.5. The SMILES string of the molecule is CNC(N)=NC(=O)c1cc2c(Cl)cc(Oc3cc([N+](=O)[O-])ccn3)cc2[nH]1. The summed E-state index contributed by atoms with van der Waals surface area (Å²) < 4.78 is 5.55. The van der Waals surface area contributed by atoms with Gasteiger partial charge in [-0.3, -0.25) is 14.9 Å². The number of halogens is 1. The summed E-state index contributed by atoms with van der Waals surface area (Å²) >= 11 is 6.25. The van der Waals surface area contributed by atoms with Crippen LogP contribution < -0.4 is 15.8 Å². The lowest BCUT2D eigenvalue weighted by Crippen LogP contribution is -2.28. The fourth-order valence-corrected chi connectivity index (χ4v) is 2.52. The molecule has 0 saturated carbocycles. The maximum atomic E-state index is 12.1. The Bertz CT molecular complexity index is 1080. The Kier molecular flexibility index (Phi) is 4.90. The quantitative estimate of drug-likeness (QED) is 0.269. The number of carbonyl (C=O) groups excluding carboxylic acids is 1. The molecule has 3 aromatic rings. The van der Waals surface area contributed by atoms with Crippen LogP contribution in [0.15, 0.2) is 41.5 Å². The second-order valence-electron chi connectivity index (χ2n) is 5.31. The topological polar surface area (TPSA) is 149 Å². The zero-order chi connectivity index (χ0) is 19.6. The van der Waals surface area contributed by atoms with Crippen LogP contribution in [0, 0.1) is 10.1 Å². The number of benzene rings is 1. The van der Waals surface area contributed by atoms with Gasteiger partial charge < -0.3 is 20.8 Å². The fourth-order valence-electron chi connectivity index (χ4n) is 2.26. The number of amides is 1. The van der Waals surface area contributed by atoms with Crippen molar-refractivity contribution < 1.29 is 14.5 Å². The zero-order valence-electron chi connectivity index (χ0n) is 13.9. The van der Waals surface area contributed by atoms with E-state index >= 15 is 0 Å². The van der Waals surface area contributed by atoms with Crippen molar-refractivity contribution >= 4 is 40.1 Å². The van der Waals surface area contributed by atoms with E-state index in [4.69, 9.17) is 22.1 Å². The molecule has 0 aliphatic rings. The van der Waals surface area contributed by atoms with Crippen LogP contribution in [0.2, 0.25) is 5.02 Å². The first kappa shape index (κ1) is 18.1. The number of nitrogens with zero attached hydrogens (tertiary/aromatic N) is 3. The van der Waals surface area contributed by atoms with Crippen molar-refractivity contribution in [1.29, 1.82) is 0 Å². The van der Waals surface area contributed by atoms with Gasteiger partial charge in [0.2, 0.25) is 5.88 Å². The summed E-state index contributed by atoms with van der Waals surface area (Å²) in [5.74, 6) is -0.268. The molecule has 2 heterocycles. The summed E-state index contributed by atoms with van der Waals surface area (Å²) in [6.07, 6.45) is 1.27. The summed E-state index contributed by atoms with van der Waals surface area (Å²) in [6, 6.07) is 7.09. The number of ether oxygens (including phenoxy) is 1. The molecule has 0 spiro atoms. The highest BCUT2D eigenvalue weighted by Gasteiger charge is 2.14. The second kappa shape index (κ2) is 7.30. The van der Waals surface area contributed by atoms with Gasteiger partial charge in [0.05, 0.1) is 21.5 Å². The molecule has 138 valence electrons. The number of aromatic nitrogens is 2. The highest BCUT2D eigenvalue weighted by molar-refractivity contribution is 6.35. The summed E-state index contributed by atoms with van der Waals surface area (Å²) in [7, 11) is 1.54. The van der Waals surface area contributed by atoms with Gasteiger partial charge in [0.1, 0.15) is 11.4 Å². The first-order valence-electron chi connectivity index (χ1n) is 7.54. The molecule has 4 N–H and O–H groups in total. The molecule has 2 aromatic heterocycles. The summed E-state index contributed by atoms with van der Waals surface area (Å²) in [5.41, 5.74) is 6.04. The number of hydrogen-bond donors (Lipinski definition) is 3. The van der Waals surface area contributed by atoms with Crippen LogP contribution in [0.3, 0.4) is 0 Å². The van der Waals surface area contributed by atoms with Crippen LogP contribution in [-0.4, -0.2) is 33.8 Å². The summed E-state index contributed by atoms with van der Waals surface area (Å²) in [5, 5.41) is 14.3. The lowest BCUT2D eigenvalue weighted by Gasteiger charge is -2.05. The van der Waals surface area contributed by atoms with Gasteiger partial charge in [-0.25, -0.2) is 4.98 Å². The Balaban J connectivity index is 1.94. The minimum absolute atomic E-state index is 0.0227. The number of guanidine groups is 1. The third kappa shape index (κ3) is 3.96. The zero-order valence-corrected chi connectivity index (χ0v) is 14.6. The number of nitrogens with one attached hydrogen (secondary N) is 2. The first-order valence-corrected chi connectivity index (χ1v) is 7.92. The van der Waals surface area contributed by atoms with Crippen molar-refractivity contribution in [3.63, 3.8) is 0 Å². The van der Waals surface area contributed by atoms with Crippen LogP contribution in [0.1, 0.15) is 10.5 Å². The molecule has 0 unspecified atom stereocenters. The normalized spacial score (nSPS) is 11.4. The number of aliphatic imine (C=N–C) groups is 1. The molecule has 0 bridgehead atoms. The third-order valence-electron chi connectivity index (χ3n) is 3.52. The largest absolute Gasteiger partial charge is 0.439 e. The van der Waals surface area contributed by atoms with E-state index in [0.717, 1.165) is 0 Å². The Morgan fingerprint density at radius 2 is 2.19 bits per heavy atom. The van der Waals surface area contributed by atoms with E-state index in [1.165, 1.54) is 24.4 Å². The van der Waals surface area contributed by atoms with Crippen molar-refractivity contribution in [3.05, 3.63) is 57.4 Å². The van der Waals surface area contributed by atoms with Gasteiger partial charge in [-0.15, -0.1) is 0 Å². The van der Waals surface area contributed by atoms with Gasteiger partial charge in [-0.2, -0.15) is 4.99 Å². The Morgan fingerprint density at radius 3 is 2.89 bits per heavy atom. The van der Waals surface area contributed by atoms with Crippen molar-refractivity contribution in [3.8, 4) is 11.6 Å². The molecule has 1 amide bonds. The minimum atomic E-state index is -0.572. The molecule has 27 heavy (non-hydrogen) atoms. The molecule has 0 aliphatic carbocycles. The molecule has 1 aromatic carbocycles. The Labute approximate surface area is 157 Å². The minimum Gasteiger partial charge on any atom is -0.439 e. The van der Waals surface area contributed by atoms with Gasteiger partial charge in [0.25, 0.3) is 11.6 Å². The molecule has 10 nitrogen and oxygen atoms in total. The maximum absolute atomic E-state index is 12.1. The molecular formula is C16H13ClN6O4. The van der Waals surface area contributed by atoms with Gasteiger partial charge in [0, 0.05) is 36.8 Å². The van der Waals surface area contributed by atoms with E-state index in [-0.39, 0.29) is 23.2 Å². The van der Waals surface area contributed by atoms with Crippen LogP contribution >= 0.6 is 11.6 Å². The standard InChI is InChI=1S/C16H13ClN6O4/c1-19-16(18)22-15(24)13-7-10-11(17)5-9(6-12(10)21-13)27-14-4-8(23(25)26)2-3-20-14/h2-7,21H,1H3,(H3,18,19,22,24). The van der Waals surface area contributed by atoms with Crippen LogP contribution in [0.25, 0.3) is 10.9 Å². The summed E-state index contributed by atoms with van der Waals surface area (Å²) in [6.45, 7) is 0. The molecule has 0 saturated heterocycles. The van der Waals surface area contributed by atoms with Crippen LogP contribution in [-0.2, 0) is 0 Å². The van der Waals surface area contributed by atoms with E-state index in [0.29, 0.717) is 21.7 Å². The van der Waals surface area contributed by atoms with E-state index in [1.807, 2.05) is 0 Å². The molecule has 0 aliphatic heterocycles. The number of hydrogen-bond acceptors (Lipinski definition) is 5. The molecule has 3 rings (SSSR count). The number of nitrogens with two attached hydrogens (primary N) is 1. The van der Waals surface area contributed by atoms with E-state index in [2.05, 4.69) is 20.3 Å². The van der Waals surface area contributed by atoms with Crippen molar-refractivity contribution in [2.45, 2.75) is 0 Å². The van der Waals surface area contributed by atoms with Crippen LogP contribution in [0.5, 0.6) is 11.6 Å². The smallest absolute Gasteiger partial charge is 0.296 e. The number of rotatable bonds is 4. The third-order valence-corrected chi connectivity index (χ3v) is 3.83. The number of nitro groups is 1. The van der Waals surface area contributed by atoms with Gasteiger partial charge in [-0.05, 0) is 6.07 Å². The number of pyridine rings is 1.